The topological polar surface area (TPSA) is 64.0 Å². The molecule has 1 unspecified atom stereocenters. The summed E-state index contributed by atoms with van der Waals surface area (Å²) in [6.45, 7) is 3.41. The van der Waals surface area contributed by atoms with Crippen molar-refractivity contribution in [2.45, 2.75) is 24.6 Å². The van der Waals surface area contributed by atoms with Crippen molar-refractivity contribution in [2.24, 2.45) is 7.05 Å². The fraction of sp³-hybridized carbons (Fsp3) is 0.700. The molecule has 92 valence electrons. The van der Waals surface area contributed by atoms with Gasteiger partial charge in [0.05, 0.1) is 16.5 Å². The van der Waals surface area contributed by atoms with Gasteiger partial charge < -0.3 is 5.32 Å². The van der Waals surface area contributed by atoms with Crippen molar-refractivity contribution in [3.8, 4) is 0 Å². The predicted molar refractivity (Wildman–Crippen MR) is 63.9 cm³/mol. The Kier molecular flexibility index (Phi) is 3.44. The lowest BCUT2D eigenvalue weighted by Crippen LogP contribution is -2.44. The Labute approximate surface area is 96.8 Å². The molecule has 1 aromatic heterocycles. The van der Waals surface area contributed by atoms with E-state index < -0.39 is 14.6 Å². The first kappa shape index (κ1) is 13.2. The van der Waals surface area contributed by atoms with Crippen molar-refractivity contribution >= 4 is 9.84 Å². The largest absolute Gasteiger partial charge is 0.310 e. The molecule has 1 N–H and O–H groups in total. The average molecular weight is 245 g/mol. The maximum absolute atomic E-state index is 11.8. The van der Waals surface area contributed by atoms with E-state index >= 15 is 0 Å². The Morgan fingerprint density at radius 3 is 2.38 bits per heavy atom. The second kappa shape index (κ2) is 4.18. The molecule has 0 saturated heterocycles. The molecule has 0 aliphatic rings. The Hall–Kier alpha value is -0.880. The Bertz CT molecular complexity index is 462. The predicted octanol–water partition coefficient (Wildman–Crippen LogP) is 0.504. The lowest BCUT2D eigenvalue weighted by molar-refractivity contribution is 0.435. The third-order valence-corrected chi connectivity index (χ3v) is 5.12. The van der Waals surface area contributed by atoms with E-state index in [-0.39, 0.29) is 6.04 Å². The zero-order valence-electron chi connectivity index (χ0n) is 10.4. The molecule has 0 bridgehead atoms. The summed E-state index contributed by atoms with van der Waals surface area (Å²) >= 11 is 0. The molecular weight excluding hydrogens is 226 g/mol. The summed E-state index contributed by atoms with van der Waals surface area (Å²) in [6.07, 6.45) is 3.05. The van der Waals surface area contributed by atoms with Crippen LogP contribution in [-0.4, -0.2) is 36.2 Å². The van der Waals surface area contributed by atoms with E-state index in [1.165, 1.54) is 6.26 Å². The summed E-state index contributed by atoms with van der Waals surface area (Å²) in [7, 11) is 0.387. The molecule has 0 aliphatic heterocycles. The summed E-state index contributed by atoms with van der Waals surface area (Å²) in [5, 5.41) is 7.27. The van der Waals surface area contributed by atoms with E-state index in [1.54, 1.807) is 31.8 Å². The molecule has 0 spiro atoms. The lowest BCUT2D eigenvalue weighted by atomic mass is 10.0. The molecule has 1 atom stereocenters. The van der Waals surface area contributed by atoms with Gasteiger partial charge in [0.15, 0.2) is 9.84 Å². The van der Waals surface area contributed by atoms with E-state index in [4.69, 9.17) is 0 Å². The molecule has 1 aromatic rings. The van der Waals surface area contributed by atoms with E-state index in [0.29, 0.717) is 0 Å². The van der Waals surface area contributed by atoms with Gasteiger partial charge in [0.25, 0.3) is 0 Å². The van der Waals surface area contributed by atoms with Gasteiger partial charge in [0.1, 0.15) is 0 Å². The Morgan fingerprint density at radius 1 is 1.50 bits per heavy atom. The monoisotopic (exact) mass is 245 g/mol. The van der Waals surface area contributed by atoms with Crippen molar-refractivity contribution in [2.75, 3.05) is 13.3 Å². The van der Waals surface area contributed by atoms with Crippen LogP contribution < -0.4 is 5.32 Å². The summed E-state index contributed by atoms with van der Waals surface area (Å²) in [5.41, 5.74) is 0.737. The van der Waals surface area contributed by atoms with Gasteiger partial charge in [-0.3, -0.25) is 4.68 Å². The van der Waals surface area contributed by atoms with E-state index in [0.717, 1.165) is 5.69 Å². The Morgan fingerprint density at radius 2 is 2.06 bits per heavy atom. The molecule has 0 saturated carbocycles. The number of nitrogens with one attached hydrogen (secondary N) is 1. The normalized spacial score (nSPS) is 15.1. The SMILES string of the molecule is CNC(c1ccn(C)n1)C(C)(C)S(C)(=O)=O. The van der Waals surface area contributed by atoms with Crippen molar-refractivity contribution in [1.29, 1.82) is 0 Å². The Balaban J connectivity index is 3.18. The minimum atomic E-state index is -3.16. The first-order valence-corrected chi connectivity index (χ1v) is 6.95. The fourth-order valence-corrected chi connectivity index (χ4v) is 2.32. The highest BCUT2D eigenvalue weighted by molar-refractivity contribution is 7.92. The number of sulfone groups is 1. The minimum absolute atomic E-state index is 0.316. The van der Waals surface area contributed by atoms with Gasteiger partial charge in [0.2, 0.25) is 0 Å². The highest BCUT2D eigenvalue weighted by atomic mass is 32.2. The van der Waals surface area contributed by atoms with Crippen LogP contribution in [0.1, 0.15) is 25.6 Å². The van der Waals surface area contributed by atoms with Crippen molar-refractivity contribution in [3.05, 3.63) is 18.0 Å². The third-order valence-electron chi connectivity index (χ3n) is 2.97. The molecule has 5 nitrogen and oxygen atoms in total. The zero-order chi connectivity index (χ0) is 12.6. The number of rotatable bonds is 4. The van der Waals surface area contributed by atoms with Crippen molar-refractivity contribution < 1.29 is 8.42 Å². The minimum Gasteiger partial charge on any atom is -0.310 e. The maximum Gasteiger partial charge on any atom is 0.154 e. The molecule has 1 rings (SSSR count). The fourth-order valence-electron chi connectivity index (χ4n) is 1.65. The van der Waals surface area contributed by atoms with Gasteiger partial charge >= 0.3 is 0 Å². The van der Waals surface area contributed by atoms with Crippen LogP contribution in [0, 0.1) is 0 Å². The molecule has 0 aliphatic carbocycles. The van der Waals surface area contributed by atoms with Crippen LogP contribution in [0.4, 0.5) is 0 Å². The van der Waals surface area contributed by atoms with Gasteiger partial charge in [-0.15, -0.1) is 0 Å². The smallest absolute Gasteiger partial charge is 0.154 e. The van der Waals surface area contributed by atoms with E-state index in [1.807, 2.05) is 13.1 Å². The quantitative estimate of drug-likeness (QED) is 0.839. The number of aromatic nitrogens is 2. The number of aryl methyl sites for hydroxylation is 1. The molecule has 0 radical (unpaired) electrons. The molecule has 0 amide bonds. The highest BCUT2D eigenvalue weighted by Gasteiger charge is 2.40. The second-order valence-corrected chi connectivity index (χ2v) is 7.11. The lowest BCUT2D eigenvalue weighted by Gasteiger charge is -2.31. The van der Waals surface area contributed by atoms with Crippen LogP contribution in [0.15, 0.2) is 12.3 Å². The van der Waals surface area contributed by atoms with Crippen LogP contribution in [0.3, 0.4) is 0 Å². The summed E-state index contributed by atoms with van der Waals surface area (Å²) in [6, 6.07) is 1.51. The third kappa shape index (κ3) is 2.27. The molecule has 1 heterocycles. The molecule has 0 aromatic carbocycles. The molecular formula is C10H19N3O2S. The maximum atomic E-state index is 11.8. The van der Waals surface area contributed by atoms with Crippen LogP contribution in [-0.2, 0) is 16.9 Å². The van der Waals surface area contributed by atoms with Crippen LogP contribution in [0.5, 0.6) is 0 Å². The number of nitrogens with zero attached hydrogens (tertiary/aromatic N) is 2. The summed E-state index contributed by atoms with van der Waals surface area (Å²) in [4.78, 5) is 0. The second-order valence-electron chi connectivity index (χ2n) is 4.51. The molecule has 0 fully saturated rings. The molecule has 16 heavy (non-hydrogen) atoms. The number of hydrogen-bond acceptors (Lipinski definition) is 4. The molecule has 6 heteroatoms. The first-order valence-electron chi connectivity index (χ1n) is 5.06. The van der Waals surface area contributed by atoms with Crippen LogP contribution >= 0.6 is 0 Å². The van der Waals surface area contributed by atoms with Gasteiger partial charge in [-0.1, -0.05) is 0 Å². The van der Waals surface area contributed by atoms with E-state index in [2.05, 4.69) is 10.4 Å². The van der Waals surface area contributed by atoms with Gasteiger partial charge in [-0.25, -0.2) is 8.42 Å². The standard InChI is InChI=1S/C10H19N3O2S/c1-10(2,16(5,14)15)9(11-3)8-6-7-13(4)12-8/h6-7,9,11H,1-5H3. The van der Waals surface area contributed by atoms with E-state index in [9.17, 15) is 8.42 Å². The van der Waals surface area contributed by atoms with Crippen molar-refractivity contribution in [1.82, 2.24) is 15.1 Å². The first-order chi connectivity index (χ1) is 7.20. The average Bonchev–Trinajstić information content (AvgIpc) is 2.50. The van der Waals surface area contributed by atoms with Gasteiger partial charge in [-0.2, -0.15) is 5.10 Å². The van der Waals surface area contributed by atoms with Crippen LogP contribution in [0.2, 0.25) is 0 Å². The number of hydrogen-bond donors (Lipinski definition) is 1. The highest BCUT2D eigenvalue weighted by Crippen LogP contribution is 2.30. The summed E-state index contributed by atoms with van der Waals surface area (Å²) < 4.78 is 24.3. The van der Waals surface area contributed by atoms with Crippen molar-refractivity contribution in [3.63, 3.8) is 0 Å². The van der Waals surface area contributed by atoms with Gasteiger partial charge in [0, 0.05) is 19.5 Å². The van der Waals surface area contributed by atoms with Gasteiger partial charge in [-0.05, 0) is 27.0 Å². The summed E-state index contributed by atoms with van der Waals surface area (Å²) in [5.74, 6) is 0. The zero-order valence-corrected chi connectivity index (χ0v) is 11.2. The van der Waals surface area contributed by atoms with Crippen LogP contribution in [0.25, 0.3) is 0 Å².